The Morgan fingerprint density at radius 1 is 1.29 bits per heavy atom. The van der Waals surface area contributed by atoms with Gasteiger partial charge in [-0.1, -0.05) is 35.4 Å². The van der Waals surface area contributed by atoms with Gasteiger partial charge in [-0.05, 0) is 69.5 Å². The van der Waals surface area contributed by atoms with Crippen LogP contribution < -0.4 is 10.2 Å². The molecule has 1 aromatic rings. The minimum absolute atomic E-state index is 0.0225. The fourth-order valence-electron chi connectivity index (χ4n) is 3.47. The second-order valence-electron chi connectivity index (χ2n) is 6.33. The molecular weight excluding hydrogens is 343 g/mol. The molecule has 1 aliphatic carbocycles. The zero-order valence-corrected chi connectivity index (χ0v) is 15.3. The standard InChI is InChI=1S/C19H22Cl2N2O/c1-22-10-4-6-14-11-13-5-2-3-7-18(13)23(19(14)24)15-8-9-16(20)17(21)12-15/h2,5,8-9,12,14,22H,3-4,6-7,10-11H2,1H3. The number of halogens is 2. The lowest BCUT2D eigenvalue weighted by atomic mass is 9.85. The zero-order chi connectivity index (χ0) is 17.1. The molecule has 1 aromatic carbocycles. The molecule has 1 heterocycles. The molecule has 0 bridgehead atoms. The Hall–Kier alpha value is -1.29. The number of anilines is 1. The summed E-state index contributed by atoms with van der Waals surface area (Å²) in [5.41, 5.74) is 3.21. The van der Waals surface area contributed by atoms with Crippen LogP contribution in [0.15, 0.2) is 41.6 Å². The van der Waals surface area contributed by atoms with Crippen LogP contribution in [0.25, 0.3) is 0 Å². The van der Waals surface area contributed by atoms with Crippen molar-refractivity contribution in [3.05, 3.63) is 51.7 Å². The summed E-state index contributed by atoms with van der Waals surface area (Å²) in [5.74, 6) is 0.202. The third-order valence-corrected chi connectivity index (χ3v) is 5.42. The molecule has 0 fully saturated rings. The van der Waals surface area contributed by atoms with Crippen molar-refractivity contribution in [3.8, 4) is 0 Å². The minimum atomic E-state index is 0.0225. The van der Waals surface area contributed by atoms with Crippen LogP contribution in [0.3, 0.4) is 0 Å². The average molecular weight is 365 g/mol. The van der Waals surface area contributed by atoms with E-state index in [9.17, 15) is 4.79 Å². The van der Waals surface area contributed by atoms with Crippen LogP contribution in [0.5, 0.6) is 0 Å². The summed E-state index contributed by atoms with van der Waals surface area (Å²) in [4.78, 5) is 15.0. The van der Waals surface area contributed by atoms with Gasteiger partial charge in [-0.15, -0.1) is 0 Å². The second-order valence-corrected chi connectivity index (χ2v) is 7.15. The number of hydrogen-bond donors (Lipinski definition) is 1. The quantitative estimate of drug-likeness (QED) is 0.749. The van der Waals surface area contributed by atoms with Gasteiger partial charge in [0.15, 0.2) is 0 Å². The van der Waals surface area contributed by atoms with Gasteiger partial charge in [0, 0.05) is 11.6 Å². The van der Waals surface area contributed by atoms with Gasteiger partial charge in [0.25, 0.3) is 0 Å². The molecule has 1 unspecified atom stereocenters. The van der Waals surface area contributed by atoms with Gasteiger partial charge in [0.05, 0.1) is 15.7 Å². The normalized spacial score (nSPS) is 20.5. The largest absolute Gasteiger partial charge is 0.320 e. The predicted octanol–water partition coefficient (Wildman–Crippen LogP) is 4.95. The van der Waals surface area contributed by atoms with Crippen LogP contribution in [-0.4, -0.2) is 19.5 Å². The third kappa shape index (κ3) is 3.53. The van der Waals surface area contributed by atoms with Crippen molar-refractivity contribution in [2.75, 3.05) is 18.5 Å². The van der Waals surface area contributed by atoms with E-state index in [0.29, 0.717) is 10.0 Å². The molecule has 0 aromatic heterocycles. The van der Waals surface area contributed by atoms with E-state index in [1.54, 1.807) is 12.1 Å². The predicted molar refractivity (Wildman–Crippen MR) is 101 cm³/mol. The van der Waals surface area contributed by atoms with E-state index in [2.05, 4.69) is 17.5 Å². The molecule has 24 heavy (non-hydrogen) atoms. The lowest BCUT2D eigenvalue weighted by Crippen LogP contribution is -2.41. The lowest BCUT2D eigenvalue weighted by Gasteiger charge is -2.37. The Bertz CT molecular complexity index is 697. The SMILES string of the molecule is CNCCCC1CC2=C(CCC=C2)N(c2ccc(Cl)c(Cl)c2)C1=O. The number of amides is 1. The minimum Gasteiger partial charge on any atom is -0.320 e. The van der Waals surface area contributed by atoms with Crippen LogP contribution in [0.2, 0.25) is 10.0 Å². The number of carbonyl (C=O) groups excluding carboxylic acids is 1. The van der Waals surface area contributed by atoms with E-state index in [1.807, 2.05) is 18.0 Å². The maximum absolute atomic E-state index is 13.1. The van der Waals surface area contributed by atoms with E-state index in [0.717, 1.165) is 50.0 Å². The van der Waals surface area contributed by atoms with Gasteiger partial charge in [0.2, 0.25) is 5.91 Å². The first-order valence-electron chi connectivity index (χ1n) is 8.44. The van der Waals surface area contributed by atoms with Crippen molar-refractivity contribution in [2.45, 2.75) is 32.1 Å². The van der Waals surface area contributed by atoms with E-state index in [4.69, 9.17) is 23.2 Å². The molecule has 2 aliphatic rings. The molecule has 0 saturated carbocycles. The Morgan fingerprint density at radius 3 is 2.88 bits per heavy atom. The Morgan fingerprint density at radius 2 is 2.12 bits per heavy atom. The van der Waals surface area contributed by atoms with Crippen LogP contribution in [-0.2, 0) is 4.79 Å². The number of nitrogens with zero attached hydrogens (tertiary/aromatic N) is 1. The van der Waals surface area contributed by atoms with Crippen LogP contribution in [0.1, 0.15) is 32.1 Å². The summed E-state index contributed by atoms with van der Waals surface area (Å²) in [6.45, 7) is 0.929. The average Bonchev–Trinajstić information content (AvgIpc) is 2.58. The first-order chi connectivity index (χ1) is 11.6. The maximum atomic E-state index is 13.1. The molecule has 1 amide bonds. The van der Waals surface area contributed by atoms with Crippen molar-refractivity contribution in [1.29, 1.82) is 0 Å². The van der Waals surface area contributed by atoms with Crippen LogP contribution in [0, 0.1) is 5.92 Å². The van der Waals surface area contributed by atoms with Crippen molar-refractivity contribution in [1.82, 2.24) is 5.32 Å². The van der Waals surface area contributed by atoms with Gasteiger partial charge < -0.3 is 5.32 Å². The molecule has 0 saturated heterocycles. The van der Waals surface area contributed by atoms with Gasteiger partial charge in [0.1, 0.15) is 0 Å². The first kappa shape index (κ1) is 17.5. The molecule has 1 N–H and O–H groups in total. The monoisotopic (exact) mass is 364 g/mol. The highest BCUT2D eigenvalue weighted by Crippen LogP contribution is 2.39. The van der Waals surface area contributed by atoms with Crippen LogP contribution in [0.4, 0.5) is 5.69 Å². The fourth-order valence-corrected chi connectivity index (χ4v) is 3.76. The highest BCUT2D eigenvalue weighted by molar-refractivity contribution is 6.42. The number of allylic oxidation sites excluding steroid dienone is 4. The van der Waals surface area contributed by atoms with Crippen molar-refractivity contribution in [3.63, 3.8) is 0 Å². The molecule has 0 radical (unpaired) electrons. The molecule has 1 atom stereocenters. The summed E-state index contributed by atoms with van der Waals surface area (Å²) in [6, 6.07) is 5.43. The smallest absolute Gasteiger partial charge is 0.234 e. The van der Waals surface area contributed by atoms with Crippen molar-refractivity contribution >= 4 is 34.8 Å². The van der Waals surface area contributed by atoms with Gasteiger partial charge in [-0.2, -0.15) is 0 Å². The maximum Gasteiger partial charge on any atom is 0.234 e. The van der Waals surface area contributed by atoms with E-state index >= 15 is 0 Å². The van der Waals surface area contributed by atoms with E-state index < -0.39 is 0 Å². The molecule has 3 rings (SSSR count). The Kier molecular flexibility index (Phi) is 5.65. The topological polar surface area (TPSA) is 32.3 Å². The third-order valence-electron chi connectivity index (χ3n) is 4.68. The molecule has 0 spiro atoms. The van der Waals surface area contributed by atoms with E-state index in [1.165, 1.54) is 5.57 Å². The van der Waals surface area contributed by atoms with Gasteiger partial charge >= 0.3 is 0 Å². The molecule has 5 heteroatoms. The molecule has 3 nitrogen and oxygen atoms in total. The summed E-state index contributed by atoms with van der Waals surface area (Å²) in [7, 11) is 1.94. The number of hydrogen-bond acceptors (Lipinski definition) is 2. The second kappa shape index (κ2) is 7.73. The Labute approximate surface area is 153 Å². The number of benzene rings is 1. The summed E-state index contributed by atoms with van der Waals surface area (Å²) < 4.78 is 0. The molecule has 128 valence electrons. The van der Waals surface area contributed by atoms with Gasteiger partial charge in [-0.3, -0.25) is 9.69 Å². The zero-order valence-electron chi connectivity index (χ0n) is 13.8. The van der Waals surface area contributed by atoms with Crippen LogP contribution >= 0.6 is 23.2 Å². The Balaban J connectivity index is 1.95. The van der Waals surface area contributed by atoms with Gasteiger partial charge in [-0.25, -0.2) is 0 Å². The molecular formula is C19H22Cl2N2O. The highest BCUT2D eigenvalue weighted by atomic mass is 35.5. The van der Waals surface area contributed by atoms with Crippen molar-refractivity contribution < 1.29 is 4.79 Å². The highest BCUT2D eigenvalue weighted by Gasteiger charge is 2.35. The molecule has 1 aliphatic heterocycles. The summed E-state index contributed by atoms with van der Waals surface area (Å²) in [5, 5.41) is 4.14. The van der Waals surface area contributed by atoms with Crippen molar-refractivity contribution in [2.24, 2.45) is 5.92 Å². The number of nitrogens with one attached hydrogen (secondary N) is 1. The fraction of sp³-hybridized carbons (Fsp3) is 0.421. The van der Waals surface area contributed by atoms with E-state index in [-0.39, 0.29) is 11.8 Å². The summed E-state index contributed by atoms with van der Waals surface area (Å²) in [6.07, 6.45) is 8.96. The number of rotatable bonds is 5. The first-order valence-corrected chi connectivity index (χ1v) is 9.19. The lowest BCUT2D eigenvalue weighted by molar-refractivity contribution is -0.122. The number of carbonyl (C=O) groups is 1. The summed E-state index contributed by atoms with van der Waals surface area (Å²) >= 11 is 12.2.